The number of morpholine rings is 1. The third kappa shape index (κ3) is 4.78. The lowest BCUT2D eigenvalue weighted by Crippen LogP contribution is -2.60. The van der Waals surface area contributed by atoms with Crippen molar-refractivity contribution >= 4 is 15.9 Å². The number of ether oxygens (including phenoxy) is 2. The molecule has 2 aromatic carbocycles. The lowest BCUT2D eigenvalue weighted by Gasteiger charge is -2.40. The summed E-state index contributed by atoms with van der Waals surface area (Å²) < 4.78 is 51.5. The van der Waals surface area contributed by atoms with Crippen LogP contribution in [-0.4, -0.2) is 48.6 Å². The average molecular weight is 438 g/mol. The molecule has 2 aromatic rings. The molecule has 0 spiro atoms. The van der Waals surface area contributed by atoms with E-state index in [1.54, 1.807) is 26.0 Å². The van der Waals surface area contributed by atoms with E-state index >= 15 is 0 Å². The van der Waals surface area contributed by atoms with Crippen molar-refractivity contribution in [3.05, 3.63) is 59.9 Å². The fraction of sp³-hybridized carbons (Fsp3) is 0.350. The smallest absolute Gasteiger partial charge is 0.264 e. The summed E-state index contributed by atoms with van der Waals surface area (Å²) in [5.74, 6) is -0.767. The number of carbonyl (C=O) groups is 1. The predicted molar refractivity (Wildman–Crippen MR) is 105 cm³/mol. The van der Waals surface area contributed by atoms with Crippen molar-refractivity contribution < 1.29 is 32.3 Å². The number of amides is 1. The molecule has 30 heavy (non-hydrogen) atoms. The van der Waals surface area contributed by atoms with Gasteiger partial charge in [-0.05, 0) is 55.8 Å². The molecule has 162 valence electrons. The lowest BCUT2D eigenvalue weighted by atomic mass is 10.1. The van der Waals surface area contributed by atoms with Gasteiger partial charge in [-0.2, -0.15) is 4.31 Å². The Balaban J connectivity index is 1.77. The van der Waals surface area contributed by atoms with Gasteiger partial charge in [0.05, 0.1) is 17.1 Å². The van der Waals surface area contributed by atoms with E-state index < -0.39 is 34.2 Å². The van der Waals surface area contributed by atoms with Gasteiger partial charge in [0.2, 0.25) is 10.0 Å². The predicted octanol–water partition coefficient (Wildman–Crippen LogP) is 2.08. The number of carbonyl (C=O) groups excluding carboxylic acids is 1. The second-order valence-electron chi connectivity index (χ2n) is 7.03. The Morgan fingerprint density at radius 3 is 2.43 bits per heavy atom. The summed E-state index contributed by atoms with van der Waals surface area (Å²) in [4.78, 5) is 12.1. The average Bonchev–Trinajstić information content (AvgIpc) is 2.72. The Bertz CT molecular complexity index is 981. The third-order valence-electron chi connectivity index (χ3n) is 4.77. The number of hydrogen-bond acceptors (Lipinski definition) is 6. The van der Waals surface area contributed by atoms with Gasteiger partial charge in [0.25, 0.3) is 5.91 Å². The molecule has 1 aliphatic heterocycles. The first-order valence-corrected chi connectivity index (χ1v) is 10.7. The zero-order valence-electron chi connectivity index (χ0n) is 16.5. The fourth-order valence-electron chi connectivity index (χ4n) is 3.33. The van der Waals surface area contributed by atoms with Crippen LogP contribution >= 0.6 is 0 Å². The standard InChI is InChI=1S/C20H23FN2O6S/c1-13-11-23(19(14(2)29-13)20(24)22-25)30(26,27)18-9-7-17(8-10-18)28-12-15-3-5-16(21)6-4-15/h3-10,13-14,19,25H,11-12H2,1-2H3,(H,22,24)/t13?,14-,19?/m1/s1. The maximum Gasteiger partial charge on any atom is 0.264 e. The van der Waals surface area contributed by atoms with Crippen LogP contribution in [0.2, 0.25) is 0 Å². The molecule has 1 amide bonds. The number of sulfonamides is 1. The molecule has 3 rings (SSSR count). The molecule has 0 aromatic heterocycles. The number of hydrogen-bond donors (Lipinski definition) is 2. The van der Waals surface area contributed by atoms with Crippen LogP contribution in [0, 0.1) is 5.82 Å². The zero-order chi connectivity index (χ0) is 21.9. The molecule has 2 unspecified atom stereocenters. The Hall–Kier alpha value is -2.53. The minimum absolute atomic E-state index is 0.0197. The highest BCUT2D eigenvalue weighted by atomic mass is 32.2. The van der Waals surface area contributed by atoms with Gasteiger partial charge in [-0.1, -0.05) is 12.1 Å². The van der Waals surface area contributed by atoms with E-state index in [0.29, 0.717) is 5.75 Å². The summed E-state index contributed by atoms with van der Waals surface area (Å²) >= 11 is 0. The van der Waals surface area contributed by atoms with Crippen LogP contribution in [0.15, 0.2) is 53.4 Å². The molecule has 1 aliphatic rings. The summed E-state index contributed by atoms with van der Waals surface area (Å²) in [6.45, 7) is 3.44. The maximum absolute atomic E-state index is 13.2. The summed E-state index contributed by atoms with van der Waals surface area (Å²) in [7, 11) is -4.04. The molecule has 0 radical (unpaired) electrons. The number of benzene rings is 2. The number of rotatable bonds is 6. The van der Waals surface area contributed by atoms with Crippen LogP contribution in [0.25, 0.3) is 0 Å². The highest BCUT2D eigenvalue weighted by Gasteiger charge is 2.44. The molecule has 3 atom stereocenters. The summed E-state index contributed by atoms with van der Waals surface area (Å²) in [6.07, 6.45) is -1.16. The normalized spacial score (nSPS) is 22.5. The first-order chi connectivity index (χ1) is 14.2. The minimum Gasteiger partial charge on any atom is -0.489 e. The molecule has 0 aliphatic carbocycles. The van der Waals surface area contributed by atoms with E-state index in [9.17, 15) is 17.6 Å². The van der Waals surface area contributed by atoms with Crippen LogP contribution in [-0.2, 0) is 26.2 Å². The molecule has 2 N–H and O–H groups in total. The van der Waals surface area contributed by atoms with Gasteiger partial charge >= 0.3 is 0 Å². The minimum atomic E-state index is -4.04. The molecule has 10 heteroatoms. The van der Waals surface area contributed by atoms with Crippen molar-refractivity contribution in [1.29, 1.82) is 0 Å². The topological polar surface area (TPSA) is 105 Å². The number of nitrogens with zero attached hydrogens (tertiary/aromatic N) is 1. The zero-order valence-corrected chi connectivity index (χ0v) is 17.3. The second-order valence-corrected chi connectivity index (χ2v) is 8.92. The van der Waals surface area contributed by atoms with Crippen molar-refractivity contribution in [3.63, 3.8) is 0 Å². The van der Waals surface area contributed by atoms with Crippen molar-refractivity contribution in [2.24, 2.45) is 0 Å². The van der Waals surface area contributed by atoms with E-state index in [1.165, 1.54) is 41.9 Å². The van der Waals surface area contributed by atoms with Crippen molar-refractivity contribution in [3.8, 4) is 5.75 Å². The molecule has 1 heterocycles. The van der Waals surface area contributed by atoms with Crippen molar-refractivity contribution in [2.45, 2.75) is 43.6 Å². The fourth-order valence-corrected chi connectivity index (χ4v) is 5.06. The van der Waals surface area contributed by atoms with E-state index in [4.69, 9.17) is 14.7 Å². The van der Waals surface area contributed by atoms with Crippen LogP contribution in [0.1, 0.15) is 19.4 Å². The van der Waals surface area contributed by atoms with E-state index in [2.05, 4.69) is 0 Å². The van der Waals surface area contributed by atoms with Gasteiger partial charge in [0.15, 0.2) is 0 Å². The van der Waals surface area contributed by atoms with Crippen LogP contribution < -0.4 is 10.2 Å². The van der Waals surface area contributed by atoms with E-state index in [-0.39, 0.29) is 23.9 Å². The number of hydroxylamine groups is 1. The van der Waals surface area contributed by atoms with Crippen LogP contribution in [0.4, 0.5) is 4.39 Å². The molecule has 0 saturated carbocycles. The number of nitrogens with one attached hydrogen (secondary N) is 1. The monoisotopic (exact) mass is 438 g/mol. The Kier molecular flexibility index (Phi) is 6.71. The van der Waals surface area contributed by atoms with Gasteiger partial charge in [0.1, 0.15) is 24.2 Å². The molecule has 1 saturated heterocycles. The van der Waals surface area contributed by atoms with Gasteiger partial charge in [-0.15, -0.1) is 0 Å². The first kappa shape index (κ1) is 22.2. The number of halogens is 1. The van der Waals surface area contributed by atoms with Crippen molar-refractivity contribution in [1.82, 2.24) is 9.79 Å². The van der Waals surface area contributed by atoms with Crippen LogP contribution in [0.3, 0.4) is 0 Å². The highest BCUT2D eigenvalue weighted by molar-refractivity contribution is 7.89. The molecule has 0 bridgehead atoms. The van der Waals surface area contributed by atoms with Crippen LogP contribution in [0.5, 0.6) is 5.75 Å². The van der Waals surface area contributed by atoms with E-state index in [1.807, 2.05) is 0 Å². The quantitative estimate of drug-likeness (QED) is 0.529. The second kappa shape index (κ2) is 9.09. The molecule has 8 nitrogen and oxygen atoms in total. The summed E-state index contributed by atoms with van der Waals surface area (Å²) in [5, 5.41) is 9.02. The highest BCUT2D eigenvalue weighted by Crippen LogP contribution is 2.27. The third-order valence-corrected chi connectivity index (χ3v) is 6.63. The Labute approximate surface area is 174 Å². The Morgan fingerprint density at radius 1 is 1.20 bits per heavy atom. The first-order valence-electron chi connectivity index (χ1n) is 9.31. The summed E-state index contributed by atoms with van der Waals surface area (Å²) in [5.41, 5.74) is 2.28. The molecule has 1 fully saturated rings. The van der Waals surface area contributed by atoms with Crippen molar-refractivity contribution in [2.75, 3.05) is 6.54 Å². The van der Waals surface area contributed by atoms with E-state index in [0.717, 1.165) is 9.87 Å². The summed E-state index contributed by atoms with van der Waals surface area (Å²) in [6, 6.07) is 10.4. The SMILES string of the molecule is CC1CN(S(=O)(=O)c2ccc(OCc3ccc(F)cc3)cc2)C(C(=O)NO)[C@@H](C)O1. The van der Waals surface area contributed by atoms with Gasteiger partial charge in [-0.3, -0.25) is 10.0 Å². The van der Waals surface area contributed by atoms with Gasteiger partial charge in [-0.25, -0.2) is 18.3 Å². The molecular weight excluding hydrogens is 415 g/mol. The Morgan fingerprint density at radius 2 is 1.83 bits per heavy atom. The largest absolute Gasteiger partial charge is 0.489 e. The maximum atomic E-state index is 13.2. The molecular formula is C20H23FN2O6S. The van der Waals surface area contributed by atoms with Gasteiger partial charge in [0, 0.05) is 6.54 Å². The lowest BCUT2D eigenvalue weighted by molar-refractivity contribution is -0.146. The van der Waals surface area contributed by atoms with Gasteiger partial charge < -0.3 is 9.47 Å².